The first-order chi connectivity index (χ1) is 9.08. The van der Waals surface area contributed by atoms with Crippen LogP contribution in [0, 0.1) is 0 Å². The molecule has 1 aliphatic rings. The average molecular weight is 259 g/mol. The summed E-state index contributed by atoms with van der Waals surface area (Å²) in [5, 5.41) is 2.95. The quantitative estimate of drug-likeness (QED) is 0.513. The van der Waals surface area contributed by atoms with Gasteiger partial charge in [-0.2, -0.15) is 0 Å². The summed E-state index contributed by atoms with van der Waals surface area (Å²) >= 11 is 0. The number of carbonyl (C=O) groups excluding carboxylic acids is 2. The fraction of sp³-hybridized carbons (Fsp3) is 0.333. The van der Waals surface area contributed by atoms with Crippen LogP contribution in [0.5, 0.6) is 0 Å². The zero-order chi connectivity index (χ0) is 13.8. The van der Waals surface area contributed by atoms with Gasteiger partial charge in [0.2, 0.25) is 0 Å². The van der Waals surface area contributed by atoms with Crippen molar-refractivity contribution < 1.29 is 14.3 Å². The van der Waals surface area contributed by atoms with E-state index in [1.165, 1.54) is 6.20 Å². The molecule has 2 rings (SSSR count). The zero-order valence-electron chi connectivity index (χ0n) is 11.1. The number of hydrogen-bond acceptors (Lipinski definition) is 4. The Morgan fingerprint density at radius 2 is 1.95 bits per heavy atom. The first-order valence-corrected chi connectivity index (χ1v) is 6.33. The second-order valence-electron chi connectivity index (χ2n) is 4.81. The standard InChI is InChI=1S/C15H17NO3/c1-10(2)16-9-12-13(17)8-14(19-15(12)18)11-6-4-3-5-7-11/h3-7,9-10,14,16H,8H2,1-2H3/b12-9+. The van der Waals surface area contributed by atoms with Crippen LogP contribution < -0.4 is 5.32 Å². The predicted octanol–water partition coefficient (Wildman–Crippen LogP) is 2.13. The van der Waals surface area contributed by atoms with Crippen molar-refractivity contribution >= 4 is 11.8 Å². The van der Waals surface area contributed by atoms with Crippen LogP contribution in [-0.2, 0) is 14.3 Å². The molecule has 0 spiro atoms. The van der Waals surface area contributed by atoms with Crippen molar-refractivity contribution in [1.29, 1.82) is 0 Å². The summed E-state index contributed by atoms with van der Waals surface area (Å²) in [4.78, 5) is 23.8. The molecule has 1 aromatic carbocycles. The third-order valence-electron chi connectivity index (χ3n) is 2.87. The molecular weight excluding hydrogens is 242 g/mol. The maximum atomic E-state index is 12.0. The first-order valence-electron chi connectivity index (χ1n) is 6.33. The van der Waals surface area contributed by atoms with Crippen LogP contribution in [-0.4, -0.2) is 17.8 Å². The summed E-state index contributed by atoms with van der Waals surface area (Å²) in [6.45, 7) is 3.87. The number of carbonyl (C=O) groups is 2. The molecule has 4 nitrogen and oxygen atoms in total. The highest BCUT2D eigenvalue weighted by Gasteiger charge is 2.32. The minimum atomic E-state index is -0.557. The summed E-state index contributed by atoms with van der Waals surface area (Å²) in [5.74, 6) is -0.739. The Labute approximate surface area is 112 Å². The van der Waals surface area contributed by atoms with Gasteiger partial charge in [0.1, 0.15) is 11.7 Å². The molecule has 0 aromatic heterocycles. The van der Waals surface area contributed by atoms with Gasteiger partial charge in [0, 0.05) is 12.2 Å². The van der Waals surface area contributed by atoms with Gasteiger partial charge in [0.15, 0.2) is 5.78 Å². The van der Waals surface area contributed by atoms with Crippen LogP contribution >= 0.6 is 0 Å². The third kappa shape index (κ3) is 3.22. The van der Waals surface area contributed by atoms with Crippen molar-refractivity contribution in [2.45, 2.75) is 32.4 Å². The van der Waals surface area contributed by atoms with Gasteiger partial charge in [-0.05, 0) is 19.4 Å². The number of esters is 1. The normalized spacial score (nSPS) is 21.6. The highest BCUT2D eigenvalue weighted by Crippen LogP contribution is 2.28. The van der Waals surface area contributed by atoms with Crippen LogP contribution in [0.15, 0.2) is 42.1 Å². The molecule has 0 aliphatic carbocycles. The lowest BCUT2D eigenvalue weighted by atomic mass is 9.97. The van der Waals surface area contributed by atoms with Crippen molar-refractivity contribution in [3.05, 3.63) is 47.7 Å². The molecule has 0 saturated carbocycles. The minimum absolute atomic E-state index is 0.0980. The van der Waals surface area contributed by atoms with E-state index in [0.29, 0.717) is 0 Å². The SMILES string of the molecule is CC(C)N/C=C1\C(=O)CC(c2ccccc2)OC1=O. The second kappa shape index (κ2) is 5.69. The van der Waals surface area contributed by atoms with E-state index >= 15 is 0 Å². The largest absolute Gasteiger partial charge is 0.453 e. The van der Waals surface area contributed by atoms with Crippen LogP contribution in [0.3, 0.4) is 0 Å². The van der Waals surface area contributed by atoms with E-state index in [1.54, 1.807) is 0 Å². The molecule has 100 valence electrons. The van der Waals surface area contributed by atoms with E-state index in [9.17, 15) is 9.59 Å². The number of rotatable bonds is 3. The van der Waals surface area contributed by atoms with Gasteiger partial charge in [-0.15, -0.1) is 0 Å². The Balaban J connectivity index is 2.13. The maximum Gasteiger partial charge on any atom is 0.343 e. The van der Waals surface area contributed by atoms with Crippen molar-refractivity contribution in [3.63, 3.8) is 0 Å². The minimum Gasteiger partial charge on any atom is -0.453 e. The highest BCUT2D eigenvalue weighted by molar-refractivity contribution is 6.18. The van der Waals surface area contributed by atoms with Crippen LogP contribution in [0.4, 0.5) is 0 Å². The molecule has 1 heterocycles. The van der Waals surface area contributed by atoms with E-state index in [2.05, 4.69) is 5.32 Å². The molecule has 0 amide bonds. The maximum absolute atomic E-state index is 12.0. The molecule has 1 unspecified atom stereocenters. The number of ketones is 1. The van der Waals surface area contributed by atoms with E-state index in [0.717, 1.165) is 5.56 Å². The van der Waals surface area contributed by atoms with Gasteiger partial charge in [-0.1, -0.05) is 30.3 Å². The highest BCUT2D eigenvalue weighted by atomic mass is 16.5. The Hall–Kier alpha value is -2.10. The lowest BCUT2D eigenvalue weighted by Gasteiger charge is -2.23. The van der Waals surface area contributed by atoms with Crippen molar-refractivity contribution in [2.24, 2.45) is 0 Å². The fourth-order valence-electron chi connectivity index (χ4n) is 1.87. The first kappa shape index (κ1) is 13.3. The Kier molecular flexibility index (Phi) is 4.00. The molecule has 1 N–H and O–H groups in total. The summed E-state index contributed by atoms with van der Waals surface area (Å²) in [6, 6.07) is 9.48. The van der Waals surface area contributed by atoms with Gasteiger partial charge in [-0.3, -0.25) is 4.79 Å². The number of cyclic esters (lactones) is 1. The second-order valence-corrected chi connectivity index (χ2v) is 4.81. The Morgan fingerprint density at radius 3 is 2.53 bits per heavy atom. The van der Waals surface area contributed by atoms with Crippen molar-refractivity contribution in [3.8, 4) is 0 Å². The van der Waals surface area contributed by atoms with Crippen LogP contribution in [0.1, 0.15) is 31.9 Å². The molecule has 0 bridgehead atoms. The molecule has 1 fully saturated rings. The number of Topliss-reactive ketones (excluding diaryl/α,β-unsaturated/α-hetero) is 1. The molecular formula is C15H17NO3. The van der Waals surface area contributed by atoms with E-state index in [-0.39, 0.29) is 23.8 Å². The molecule has 1 atom stereocenters. The lowest BCUT2D eigenvalue weighted by Crippen LogP contribution is -2.29. The number of nitrogens with one attached hydrogen (secondary N) is 1. The Bertz CT molecular complexity index is 485. The zero-order valence-corrected chi connectivity index (χ0v) is 11.1. The molecule has 1 aromatic rings. The van der Waals surface area contributed by atoms with Gasteiger partial charge in [-0.25, -0.2) is 4.79 Å². The number of hydrogen-bond donors (Lipinski definition) is 1. The van der Waals surface area contributed by atoms with E-state index in [1.807, 2.05) is 44.2 Å². The molecule has 4 heteroatoms. The average Bonchev–Trinajstić information content (AvgIpc) is 2.38. The van der Waals surface area contributed by atoms with Crippen LogP contribution in [0.2, 0.25) is 0 Å². The lowest BCUT2D eigenvalue weighted by molar-refractivity contribution is -0.151. The molecule has 1 saturated heterocycles. The summed E-state index contributed by atoms with van der Waals surface area (Å²) in [6.07, 6.45) is 1.18. The van der Waals surface area contributed by atoms with Gasteiger partial charge < -0.3 is 10.1 Å². The molecule has 19 heavy (non-hydrogen) atoms. The smallest absolute Gasteiger partial charge is 0.343 e. The topological polar surface area (TPSA) is 55.4 Å². The van der Waals surface area contributed by atoms with E-state index < -0.39 is 12.1 Å². The van der Waals surface area contributed by atoms with E-state index in [4.69, 9.17) is 4.74 Å². The summed E-state index contributed by atoms with van der Waals surface area (Å²) < 4.78 is 5.32. The van der Waals surface area contributed by atoms with Crippen molar-refractivity contribution in [1.82, 2.24) is 5.32 Å². The molecule has 1 aliphatic heterocycles. The third-order valence-corrected chi connectivity index (χ3v) is 2.87. The number of benzene rings is 1. The fourth-order valence-corrected chi connectivity index (χ4v) is 1.87. The van der Waals surface area contributed by atoms with Gasteiger partial charge >= 0.3 is 5.97 Å². The molecule has 0 radical (unpaired) electrons. The van der Waals surface area contributed by atoms with Gasteiger partial charge in [0.05, 0.1) is 6.42 Å². The monoisotopic (exact) mass is 259 g/mol. The summed E-state index contributed by atoms with van der Waals surface area (Å²) in [7, 11) is 0. The Morgan fingerprint density at radius 1 is 1.26 bits per heavy atom. The van der Waals surface area contributed by atoms with Crippen molar-refractivity contribution in [2.75, 3.05) is 0 Å². The van der Waals surface area contributed by atoms with Crippen LogP contribution in [0.25, 0.3) is 0 Å². The summed E-state index contributed by atoms with van der Waals surface area (Å²) in [5.41, 5.74) is 0.945. The predicted molar refractivity (Wildman–Crippen MR) is 71.3 cm³/mol. The van der Waals surface area contributed by atoms with Gasteiger partial charge in [0.25, 0.3) is 0 Å². The number of ether oxygens (including phenoxy) is 1.